The second-order valence-electron chi connectivity index (χ2n) is 2.70. The third-order valence-electron chi connectivity index (χ3n) is 2.10. The van der Waals surface area contributed by atoms with E-state index in [4.69, 9.17) is 0 Å². The van der Waals surface area contributed by atoms with E-state index in [1.165, 1.54) is 19.3 Å². The Morgan fingerprint density at radius 3 is 3.22 bits per heavy atom. The van der Waals surface area contributed by atoms with E-state index in [2.05, 4.69) is 17.6 Å². The maximum atomic E-state index is 3.22. The van der Waals surface area contributed by atoms with E-state index in [-0.39, 0.29) is 0 Å². The van der Waals surface area contributed by atoms with Crippen LogP contribution in [0.2, 0.25) is 0 Å². The molecule has 1 heterocycles. The lowest BCUT2D eigenvalue weighted by Crippen LogP contribution is -2.12. The summed E-state index contributed by atoms with van der Waals surface area (Å²) in [6, 6.07) is 0. The fourth-order valence-corrected chi connectivity index (χ4v) is 1.57. The summed E-state index contributed by atoms with van der Waals surface area (Å²) in [7, 11) is 0. The van der Waals surface area contributed by atoms with Gasteiger partial charge >= 0.3 is 0 Å². The van der Waals surface area contributed by atoms with Crippen molar-refractivity contribution >= 4 is 0 Å². The monoisotopic (exact) mass is 121 g/mol. The molecule has 0 atom stereocenters. The van der Waals surface area contributed by atoms with Crippen LogP contribution >= 0.6 is 0 Å². The molecule has 0 saturated carbocycles. The number of dihydropyridines is 1. The lowest BCUT2D eigenvalue weighted by molar-refractivity contribution is 0.851. The van der Waals surface area contributed by atoms with Crippen LogP contribution in [-0.4, -0.2) is 6.54 Å². The van der Waals surface area contributed by atoms with Gasteiger partial charge in [0.15, 0.2) is 0 Å². The Morgan fingerprint density at radius 2 is 2.33 bits per heavy atom. The van der Waals surface area contributed by atoms with Crippen LogP contribution in [0, 0.1) is 0 Å². The minimum Gasteiger partial charge on any atom is -0.387 e. The summed E-state index contributed by atoms with van der Waals surface area (Å²) >= 11 is 0. The normalized spacial score (nSPS) is 24.0. The summed E-state index contributed by atoms with van der Waals surface area (Å²) in [5.41, 5.74) is 3.23. The van der Waals surface area contributed by atoms with E-state index in [9.17, 15) is 0 Å². The van der Waals surface area contributed by atoms with Gasteiger partial charge in [-0.25, -0.2) is 0 Å². The standard InChI is InChI=1S/C8H11N/c1-2-7-4-5-9-6-8(7)3-1/h4-5,9H,1-3,6H2. The molecular weight excluding hydrogens is 110 g/mol. The van der Waals surface area contributed by atoms with Gasteiger partial charge in [-0.15, -0.1) is 0 Å². The first-order valence-electron chi connectivity index (χ1n) is 3.57. The summed E-state index contributed by atoms with van der Waals surface area (Å²) in [6.07, 6.45) is 8.28. The zero-order valence-electron chi connectivity index (χ0n) is 5.48. The average molecular weight is 121 g/mol. The van der Waals surface area contributed by atoms with Gasteiger partial charge in [-0.05, 0) is 42.7 Å². The Kier molecular flexibility index (Phi) is 1.08. The molecule has 1 aliphatic carbocycles. The molecular formula is C8H11N. The number of nitrogens with one attached hydrogen (secondary N) is 1. The lowest BCUT2D eigenvalue weighted by atomic mass is 10.1. The highest BCUT2D eigenvalue weighted by Crippen LogP contribution is 2.27. The van der Waals surface area contributed by atoms with E-state index in [1.54, 1.807) is 11.1 Å². The van der Waals surface area contributed by atoms with E-state index in [0.29, 0.717) is 0 Å². The Morgan fingerprint density at radius 1 is 1.33 bits per heavy atom. The molecule has 1 N–H and O–H groups in total. The molecule has 0 amide bonds. The first kappa shape index (κ1) is 5.10. The molecule has 0 unspecified atom stereocenters. The minimum atomic E-state index is 1.10. The zero-order valence-corrected chi connectivity index (χ0v) is 5.48. The smallest absolute Gasteiger partial charge is 0.0360 e. The fraction of sp³-hybridized carbons (Fsp3) is 0.500. The van der Waals surface area contributed by atoms with Gasteiger partial charge in [0.2, 0.25) is 0 Å². The molecule has 1 nitrogen and oxygen atoms in total. The first-order chi connectivity index (χ1) is 4.47. The van der Waals surface area contributed by atoms with Gasteiger partial charge in [-0.3, -0.25) is 0 Å². The van der Waals surface area contributed by atoms with Gasteiger partial charge in [-0.1, -0.05) is 0 Å². The molecule has 0 spiro atoms. The number of rotatable bonds is 0. The molecule has 2 aliphatic rings. The van der Waals surface area contributed by atoms with Crippen molar-refractivity contribution in [1.29, 1.82) is 0 Å². The lowest BCUT2D eigenvalue weighted by Gasteiger charge is -2.08. The molecule has 0 aromatic carbocycles. The summed E-state index contributed by atoms with van der Waals surface area (Å²) in [5, 5.41) is 3.22. The molecule has 0 bridgehead atoms. The van der Waals surface area contributed by atoms with Crippen LogP contribution in [0.15, 0.2) is 23.4 Å². The highest BCUT2D eigenvalue weighted by molar-refractivity contribution is 5.33. The van der Waals surface area contributed by atoms with Crippen LogP contribution in [0.4, 0.5) is 0 Å². The van der Waals surface area contributed by atoms with Crippen molar-refractivity contribution in [3.8, 4) is 0 Å². The van der Waals surface area contributed by atoms with Crippen molar-refractivity contribution in [2.75, 3.05) is 6.54 Å². The Labute approximate surface area is 55.5 Å². The predicted octanol–water partition coefficient (Wildman–Crippen LogP) is 1.58. The van der Waals surface area contributed by atoms with Gasteiger partial charge in [0, 0.05) is 6.54 Å². The summed E-state index contributed by atoms with van der Waals surface area (Å²) < 4.78 is 0. The highest BCUT2D eigenvalue weighted by Gasteiger charge is 2.12. The van der Waals surface area contributed by atoms with Gasteiger partial charge in [0.1, 0.15) is 0 Å². The molecule has 2 rings (SSSR count). The van der Waals surface area contributed by atoms with Crippen molar-refractivity contribution in [1.82, 2.24) is 5.32 Å². The summed E-state index contributed by atoms with van der Waals surface area (Å²) in [4.78, 5) is 0. The number of hydrogen-bond donors (Lipinski definition) is 1. The van der Waals surface area contributed by atoms with Crippen LogP contribution in [0.5, 0.6) is 0 Å². The Balaban J connectivity index is 2.28. The second-order valence-corrected chi connectivity index (χ2v) is 2.70. The molecule has 0 aromatic rings. The molecule has 0 aromatic heterocycles. The van der Waals surface area contributed by atoms with Crippen LogP contribution in [0.3, 0.4) is 0 Å². The molecule has 1 aliphatic heterocycles. The van der Waals surface area contributed by atoms with Crippen molar-refractivity contribution in [2.45, 2.75) is 19.3 Å². The second kappa shape index (κ2) is 1.90. The van der Waals surface area contributed by atoms with Gasteiger partial charge in [0.25, 0.3) is 0 Å². The first-order valence-corrected chi connectivity index (χ1v) is 3.57. The van der Waals surface area contributed by atoms with Crippen LogP contribution in [0.25, 0.3) is 0 Å². The van der Waals surface area contributed by atoms with Crippen molar-refractivity contribution in [2.24, 2.45) is 0 Å². The van der Waals surface area contributed by atoms with Crippen molar-refractivity contribution in [3.05, 3.63) is 23.4 Å². The molecule has 1 heteroatoms. The maximum absolute atomic E-state index is 3.22. The van der Waals surface area contributed by atoms with Crippen LogP contribution < -0.4 is 5.32 Å². The Bertz CT molecular complexity index is 177. The molecule has 48 valence electrons. The molecule has 9 heavy (non-hydrogen) atoms. The SMILES string of the molecule is C1=CC2=C(CCC2)CN1. The van der Waals surface area contributed by atoms with Gasteiger partial charge in [-0.2, -0.15) is 0 Å². The third kappa shape index (κ3) is 0.766. The van der Waals surface area contributed by atoms with E-state index < -0.39 is 0 Å². The maximum Gasteiger partial charge on any atom is 0.0360 e. The molecule has 0 radical (unpaired) electrons. The van der Waals surface area contributed by atoms with Crippen molar-refractivity contribution < 1.29 is 0 Å². The number of allylic oxidation sites excluding steroid dienone is 2. The zero-order chi connectivity index (χ0) is 6.10. The predicted molar refractivity (Wildman–Crippen MR) is 38.0 cm³/mol. The van der Waals surface area contributed by atoms with Gasteiger partial charge < -0.3 is 5.32 Å². The summed E-state index contributed by atoms with van der Waals surface area (Å²) in [6.45, 7) is 1.10. The van der Waals surface area contributed by atoms with Gasteiger partial charge in [0.05, 0.1) is 0 Å². The van der Waals surface area contributed by atoms with E-state index in [0.717, 1.165) is 6.54 Å². The van der Waals surface area contributed by atoms with Crippen molar-refractivity contribution in [3.63, 3.8) is 0 Å². The third-order valence-corrected chi connectivity index (χ3v) is 2.10. The van der Waals surface area contributed by atoms with E-state index in [1.807, 2.05) is 0 Å². The molecule has 0 saturated heterocycles. The summed E-state index contributed by atoms with van der Waals surface area (Å²) in [5.74, 6) is 0. The average Bonchev–Trinajstić information content (AvgIpc) is 2.33. The van der Waals surface area contributed by atoms with E-state index >= 15 is 0 Å². The minimum absolute atomic E-state index is 1.10. The topological polar surface area (TPSA) is 12.0 Å². The number of hydrogen-bond acceptors (Lipinski definition) is 1. The highest BCUT2D eigenvalue weighted by atomic mass is 14.8. The Hall–Kier alpha value is -0.720. The largest absolute Gasteiger partial charge is 0.387 e. The van der Waals surface area contributed by atoms with Crippen LogP contribution in [-0.2, 0) is 0 Å². The van der Waals surface area contributed by atoms with Crippen LogP contribution in [0.1, 0.15) is 19.3 Å². The quantitative estimate of drug-likeness (QED) is 0.513. The molecule has 0 fully saturated rings. The fourth-order valence-electron chi connectivity index (χ4n) is 1.57.